The molecule has 22 heavy (non-hydrogen) atoms. The van der Waals surface area contributed by atoms with E-state index in [1.165, 1.54) is 0 Å². The Morgan fingerprint density at radius 3 is 2.73 bits per heavy atom. The largest absolute Gasteiger partial charge is 0.362 e. The zero-order chi connectivity index (χ0) is 14.7. The van der Waals surface area contributed by atoms with E-state index in [0.717, 1.165) is 30.4 Å². The van der Waals surface area contributed by atoms with Crippen LogP contribution in [0.2, 0.25) is 0 Å². The van der Waals surface area contributed by atoms with Crippen LogP contribution in [0, 0.1) is 0 Å². The van der Waals surface area contributed by atoms with Gasteiger partial charge in [0.05, 0.1) is 5.56 Å². The maximum absolute atomic E-state index is 12.7. The summed E-state index contributed by atoms with van der Waals surface area (Å²) in [6.07, 6.45) is 3.88. The second-order valence-electron chi connectivity index (χ2n) is 5.30. The van der Waals surface area contributed by atoms with Gasteiger partial charge in [-0.1, -0.05) is 0 Å². The number of likely N-dealkylation sites (N-methyl/N-ethyl adjacent to an activating group) is 1. The van der Waals surface area contributed by atoms with Crippen LogP contribution in [-0.2, 0) is 0 Å². The molecule has 1 aromatic rings. The van der Waals surface area contributed by atoms with Gasteiger partial charge in [-0.25, -0.2) is 4.98 Å². The van der Waals surface area contributed by atoms with E-state index in [1.54, 1.807) is 6.20 Å². The number of amides is 1. The van der Waals surface area contributed by atoms with Crippen LogP contribution in [-0.4, -0.2) is 56.1 Å². The molecule has 1 aliphatic heterocycles. The highest BCUT2D eigenvalue weighted by Crippen LogP contribution is 2.23. The second kappa shape index (κ2) is 9.55. The van der Waals surface area contributed by atoms with Gasteiger partial charge >= 0.3 is 0 Å². The number of piperidine rings is 1. The molecule has 1 aliphatic rings. The zero-order valence-corrected chi connectivity index (χ0v) is 16.2. The number of carbonyl (C=O) groups is 1. The number of likely N-dealkylation sites (tertiary alicyclic amines) is 1. The Labute approximate surface area is 152 Å². The molecule has 1 saturated heterocycles. The van der Waals surface area contributed by atoms with Crippen LogP contribution in [0.5, 0.6) is 0 Å². The smallest absolute Gasteiger partial charge is 0.257 e. The Hall–Kier alpha value is -0.560. The molecule has 0 bridgehead atoms. The summed E-state index contributed by atoms with van der Waals surface area (Å²) in [4.78, 5) is 20.9. The first-order chi connectivity index (χ1) is 9.52. The molecule has 8 heteroatoms. The normalized spacial score (nSPS) is 17.3. The number of carbonyl (C=O) groups excluding carboxylic acids is 1. The number of nitrogens with zero attached hydrogens (tertiary/aromatic N) is 3. The van der Waals surface area contributed by atoms with Crippen LogP contribution in [0.4, 0.5) is 5.82 Å². The van der Waals surface area contributed by atoms with Gasteiger partial charge in [-0.3, -0.25) is 4.79 Å². The molecule has 1 aromatic heterocycles. The van der Waals surface area contributed by atoms with Crippen molar-refractivity contribution in [2.45, 2.75) is 18.9 Å². The average molecular weight is 414 g/mol. The summed E-state index contributed by atoms with van der Waals surface area (Å²) in [5.74, 6) is 0.771. The molecule has 0 saturated carbocycles. The van der Waals surface area contributed by atoms with Gasteiger partial charge < -0.3 is 15.1 Å². The summed E-state index contributed by atoms with van der Waals surface area (Å²) < 4.78 is 0.827. The number of pyridine rings is 1. The average Bonchev–Trinajstić information content (AvgIpc) is 2.46. The lowest BCUT2D eigenvalue weighted by Crippen LogP contribution is -2.47. The van der Waals surface area contributed by atoms with Crippen molar-refractivity contribution in [3.63, 3.8) is 0 Å². The molecule has 1 atom stereocenters. The SMILES string of the molecule is CNC1CCCN(C(=O)c2cc(Br)cnc2N(C)C)C1.Cl.Cl. The Kier molecular flexibility index (Phi) is 9.31. The Morgan fingerprint density at radius 2 is 2.14 bits per heavy atom. The molecule has 0 radical (unpaired) electrons. The Bertz CT molecular complexity index is 502. The van der Waals surface area contributed by atoms with Gasteiger partial charge in [-0.05, 0) is 41.9 Å². The quantitative estimate of drug-likeness (QED) is 0.827. The Balaban J connectivity index is 0.00000220. The van der Waals surface area contributed by atoms with Gasteiger partial charge in [-0.15, -0.1) is 24.8 Å². The topological polar surface area (TPSA) is 48.5 Å². The van der Waals surface area contributed by atoms with E-state index in [0.29, 0.717) is 17.4 Å². The molecule has 5 nitrogen and oxygen atoms in total. The maximum atomic E-state index is 12.7. The lowest BCUT2D eigenvalue weighted by atomic mass is 10.0. The van der Waals surface area contributed by atoms with Crippen LogP contribution >= 0.6 is 40.7 Å². The van der Waals surface area contributed by atoms with Crippen LogP contribution < -0.4 is 10.2 Å². The number of hydrogen-bond acceptors (Lipinski definition) is 4. The minimum absolute atomic E-state index is 0. The minimum Gasteiger partial charge on any atom is -0.362 e. The third kappa shape index (κ3) is 4.98. The maximum Gasteiger partial charge on any atom is 0.257 e. The van der Waals surface area contributed by atoms with Gasteiger partial charge in [-0.2, -0.15) is 0 Å². The molecule has 1 amide bonds. The van der Waals surface area contributed by atoms with Crippen molar-refractivity contribution in [2.24, 2.45) is 0 Å². The summed E-state index contributed by atoms with van der Waals surface area (Å²) >= 11 is 3.40. The van der Waals surface area contributed by atoms with Crippen molar-refractivity contribution < 1.29 is 4.79 Å². The van der Waals surface area contributed by atoms with E-state index in [-0.39, 0.29) is 30.7 Å². The van der Waals surface area contributed by atoms with E-state index >= 15 is 0 Å². The molecule has 0 aliphatic carbocycles. The summed E-state index contributed by atoms with van der Waals surface area (Å²) in [7, 11) is 5.75. The van der Waals surface area contributed by atoms with Crippen molar-refractivity contribution in [2.75, 3.05) is 39.1 Å². The van der Waals surface area contributed by atoms with Crippen molar-refractivity contribution in [1.29, 1.82) is 0 Å². The lowest BCUT2D eigenvalue weighted by molar-refractivity contribution is 0.0698. The first-order valence-corrected chi connectivity index (χ1v) is 7.61. The van der Waals surface area contributed by atoms with Gasteiger partial charge in [0.2, 0.25) is 0 Å². The number of hydrogen-bond donors (Lipinski definition) is 1. The highest BCUT2D eigenvalue weighted by Gasteiger charge is 2.26. The van der Waals surface area contributed by atoms with Crippen molar-refractivity contribution in [3.05, 3.63) is 22.3 Å². The number of halogens is 3. The fourth-order valence-electron chi connectivity index (χ4n) is 2.51. The van der Waals surface area contributed by atoms with Gasteiger partial charge in [0.15, 0.2) is 0 Å². The van der Waals surface area contributed by atoms with E-state index in [2.05, 4.69) is 26.2 Å². The number of anilines is 1. The number of nitrogens with one attached hydrogen (secondary N) is 1. The monoisotopic (exact) mass is 412 g/mol. The van der Waals surface area contributed by atoms with Crippen LogP contribution in [0.25, 0.3) is 0 Å². The summed E-state index contributed by atoms with van der Waals surface area (Å²) in [5, 5.41) is 3.26. The van der Waals surface area contributed by atoms with E-state index in [4.69, 9.17) is 0 Å². The van der Waals surface area contributed by atoms with Gasteiger partial charge in [0.1, 0.15) is 5.82 Å². The number of rotatable bonds is 3. The fraction of sp³-hybridized carbons (Fsp3) is 0.571. The van der Waals surface area contributed by atoms with Crippen molar-refractivity contribution in [3.8, 4) is 0 Å². The molecule has 1 fully saturated rings. The fourth-order valence-corrected chi connectivity index (χ4v) is 2.84. The van der Waals surface area contributed by atoms with E-state index in [9.17, 15) is 4.79 Å². The minimum atomic E-state index is 0. The van der Waals surface area contributed by atoms with E-state index < -0.39 is 0 Å². The van der Waals surface area contributed by atoms with Gasteiger partial charge in [0.25, 0.3) is 5.91 Å². The van der Waals surface area contributed by atoms with Crippen molar-refractivity contribution in [1.82, 2.24) is 15.2 Å². The summed E-state index contributed by atoms with van der Waals surface area (Å²) in [6.45, 7) is 1.57. The third-order valence-corrected chi connectivity index (χ3v) is 4.04. The number of aromatic nitrogens is 1. The molecule has 2 rings (SSSR count). The Morgan fingerprint density at radius 1 is 1.45 bits per heavy atom. The molecular formula is C14H23BrCl2N4O. The molecule has 0 aromatic carbocycles. The first-order valence-electron chi connectivity index (χ1n) is 6.82. The highest BCUT2D eigenvalue weighted by atomic mass is 79.9. The molecule has 126 valence electrons. The van der Waals surface area contributed by atoms with E-state index in [1.807, 2.05) is 37.0 Å². The van der Waals surface area contributed by atoms with Gasteiger partial charge in [0, 0.05) is 43.9 Å². The summed E-state index contributed by atoms with van der Waals surface area (Å²) in [5.41, 5.74) is 0.654. The molecule has 1 unspecified atom stereocenters. The standard InChI is InChI=1S/C14H21BrN4O.2ClH/c1-16-11-5-4-6-19(9-11)14(20)12-7-10(15)8-17-13(12)18(2)3;;/h7-8,11,16H,4-6,9H2,1-3H3;2*1H. The van der Waals surface area contributed by atoms with Crippen molar-refractivity contribution >= 4 is 52.5 Å². The second-order valence-corrected chi connectivity index (χ2v) is 6.21. The zero-order valence-electron chi connectivity index (χ0n) is 13.0. The predicted molar refractivity (Wildman–Crippen MR) is 98.7 cm³/mol. The highest BCUT2D eigenvalue weighted by molar-refractivity contribution is 9.10. The van der Waals surface area contributed by atoms with Crippen LogP contribution in [0.1, 0.15) is 23.2 Å². The third-order valence-electron chi connectivity index (χ3n) is 3.60. The lowest BCUT2D eigenvalue weighted by Gasteiger charge is -2.33. The first kappa shape index (κ1) is 21.4. The molecular weight excluding hydrogens is 391 g/mol. The predicted octanol–water partition coefficient (Wildman–Crippen LogP) is 2.58. The molecule has 1 N–H and O–H groups in total. The van der Waals surface area contributed by atoms with Crippen LogP contribution in [0.15, 0.2) is 16.7 Å². The molecule has 0 spiro atoms. The molecule has 2 heterocycles. The van der Waals surface area contributed by atoms with Crippen LogP contribution in [0.3, 0.4) is 0 Å². The summed E-state index contributed by atoms with van der Waals surface area (Å²) in [6, 6.07) is 2.24.